The number of rotatable bonds is 6. The standard InChI is InChI=1S/C31H29N5O3/c37-25-11-14-36(15-12-25)29-9-8-24(19-34-29)35-31(38)30-28-17-22(7-6-21(28)10-13-33-30)23-16-27(20-32-18-23)39-26-4-2-1-3-5-26/h1-9,16-20,25,37H,10-15H2,(H,35,38). The Balaban J connectivity index is 1.19. The molecule has 0 aliphatic carbocycles. The van der Waals surface area contributed by atoms with Gasteiger partial charge in [0.25, 0.3) is 5.91 Å². The molecule has 2 aliphatic rings. The molecule has 4 aromatic rings. The van der Waals surface area contributed by atoms with Crippen molar-refractivity contribution in [1.29, 1.82) is 0 Å². The molecule has 0 radical (unpaired) electrons. The average Bonchev–Trinajstić information content (AvgIpc) is 2.98. The predicted octanol–water partition coefficient (Wildman–Crippen LogP) is 4.88. The van der Waals surface area contributed by atoms with Crippen LogP contribution in [0.4, 0.5) is 11.5 Å². The number of ether oxygens (including phenoxy) is 1. The van der Waals surface area contributed by atoms with E-state index in [-0.39, 0.29) is 12.0 Å². The van der Waals surface area contributed by atoms with Gasteiger partial charge in [0.15, 0.2) is 0 Å². The average molecular weight is 520 g/mol. The Labute approximate surface area is 227 Å². The van der Waals surface area contributed by atoms with Gasteiger partial charge in [-0.25, -0.2) is 4.98 Å². The highest BCUT2D eigenvalue weighted by Crippen LogP contribution is 2.29. The Hall–Kier alpha value is -4.56. The Morgan fingerprint density at radius 1 is 0.923 bits per heavy atom. The quantitative estimate of drug-likeness (QED) is 0.377. The number of carbonyl (C=O) groups is 1. The minimum absolute atomic E-state index is 0.234. The molecule has 2 N–H and O–H groups in total. The Bertz CT molecular complexity index is 1500. The second-order valence-electron chi connectivity index (χ2n) is 9.75. The summed E-state index contributed by atoms with van der Waals surface area (Å²) in [6.45, 7) is 2.11. The lowest BCUT2D eigenvalue weighted by Gasteiger charge is -2.30. The van der Waals surface area contributed by atoms with E-state index in [0.717, 1.165) is 66.2 Å². The van der Waals surface area contributed by atoms with Crippen molar-refractivity contribution in [2.45, 2.75) is 25.4 Å². The second kappa shape index (κ2) is 11.0. The molecule has 196 valence electrons. The highest BCUT2D eigenvalue weighted by atomic mass is 16.5. The van der Waals surface area contributed by atoms with Crippen LogP contribution in [0.3, 0.4) is 0 Å². The van der Waals surface area contributed by atoms with Gasteiger partial charge in [-0.05, 0) is 66.8 Å². The molecule has 2 aliphatic heterocycles. The lowest BCUT2D eigenvalue weighted by Crippen LogP contribution is -2.36. The van der Waals surface area contributed by atoms with Gasteiger partial charge >= 0.3 is 0 Å². The van der Waals surface area contributed by atoms with Crippen molar-refractivity contribution < 1.29 is 14.6 Å². The molecule has 39 heavy (non-hydrogen) atoms. The number of pyridine rings is 2. The van der Waals surface area contributed by atoms with Crippen LogP contribution in [0.5, 0.6) is 11.5 Å². The molecular formula is C31H29N5O3. The van der Waals surface area contributed by atoms with Crippen LogP contribution in [0.2, 0.25) is 0 Å². The third-order valence-electron chi connectivity index (χ3n) is 7.05. The van der Waals surface area contributed by atoms with Crippen LogP contribution in [0.25, 0.3) is 11.1 Å². The highest BCUT2D eigenvalue weighted by Gasteiger charge is 2.22. The van der Waals surface area contributed by atoms with Crippen LogP contribution in [0.15, 0.2) is 90.3 Å². The number of nitrogens with zero attached hydrogens (tertiary/aromatic N) is 4. The van der Waals surface area contributed by atoms with Crippen LogP contribution in [-0.2, 0) is 11.2 Å². The lowest BCUT2D eigenvalue weighted by atomic mass is 9.93. The summed E-state index contributed by atoms with van der Waals surface area (Å²) in [5.41, 5.74) is 4.76. The number of hydrogen-bond acceptors (Lipinski definition) is 7. The largest absolute Gasteiger partial charge is 0.456 e. The van der Waals surface area contributed by atoms with Crippen molar-refractivity contribution in [2.75, 3.05) is 29.9 Å². The van der Waals surface area contributed by atoms with Crippen LogP contribution >= 0.6 is 0 Å². The van der Waals surface area contributed by atoms with Crippen molar-refractivity contribution in [2.24, 2.45) is 4.99 Å². The normalized spacial score (nSPS) is 15.3. The van der Waals surface area contributed by atoms with Crippen molar-refractivity contribution >= 4 is 23.1 Å². The molecule has 1 amide bonds. The maximum Gasteiger partial charge on any atom is 0.274 e. The first-order valence-electron chi connectivity index (χ1n) is 13.2. The summed E-state index contributed by atoms with van der Waals surface area (Å²) in [5.74, 6) is 1.96. The number of anilines is 2. The van der Waals surface area contributed by atoms with Gasteiger partial charge < -0.3 is 20.1 Å². The number of piperidine rings is 1. The maximum absolute atomic E-state index is 13.3. The minimum Gasteiger partial charge on any atom is -0.456 e. The van der Waals surface area contributed by atoms with Gasteiger partial charge in [0.05, 0.1) is 24.2 Å². The fourth-order valence-corrected chi connectivity index (χ4v) is 4.95. The third kappa shape index (κ3) is 5.66. The first-order chi connectivity index (χ1) is 19.1. The first kappa shape index (κ1) is 24.8. The van der Waals surface area contributed by atoms with Gasteiger partial charge in [0, 0.05) is 37.0 Å². The summed E-state index contributed by atoms with van der Waals surface area (Å²) in [6, 6.07) is 21.4. The minimum atomic E-state index is -0.261. The third-order valence-corrected chi connectivity index (χ3v) is 7.05. The van der Waals surface area contributed by atoms with E-state index >= 15 is 0 Å². The van der Waals surface area contributed by atoms with Crippen molar-refractivity contribution in [3.63, 3.8) is 0 Å². The molecule has 0 unspecified atom stereocenters. The number of aliphatic hydroxyl groups excluding tert-OH is 1. The second-order valence-corrected chi connectivity index (χ2v) is 9.75. The molecule has 1 saturated heterocycles. The predicted molar refractivity (Wildman–Crippen MR) is 152 cm³/mol. The molecule has 6 rings (SSSR count). The molecule has 2 aromatic heterocycles. The lowest BCUT2D eigenvalue weighted by molar-refractivity contribution is -0.110. The molecule has 0 spiro atoms. The summed E-state index contributed by atoms with van der Waals surface area (Å²) in [7, 11) is 0. The number of aliphatic hydroxyl groups is 1. The summed E-state index contributed by atoms with van der Waals surface area (Å²) >= 11 is 0. The van der Waals surface area contributed by atoms with Gasteiger partial charge in [-0.1, -0.05) is 30.3 Å². The Morgan fingerprint density at radius 2 is 1.77 bits per heavy atom. The van der Waals surface area contributed by atoms with E-state index in [4.69, 9.17) is 4.74 Å². The van der Waals surface area contributed by atoms with Gasteiger partial charge in [0.1, 0.15) is 23.0 Å². The Morgan fingerprint density at radius 3 is 2.56 bits per heavy atom. The number of fused-ring (bicyclic) bond motifs is 1. The molecule has 0 saturated carbocycles. The molecule has 0 bridgehead atoms. The van der Waals surface area contributed by atoms with E-state index < -0.39 is 0 Å². The van der Waals surface area contributed by atoms with Gasteiger partial charge in [-0.3, -0.25) is 14.8 Å². The SMILES string of the molecule is O=C(Nc1ccc(N2CCC(O)CC2)nc1)C1=NCCc2ccc(-c3cncc(Oc4ccccc4)c3)cc21. The fourth-order valence-electron chi connectivity index (χ4n) is 4.95. The van der Waals surface area contributed by atoms with Crippen molar-refractivity contribution in [1.82, 2.24) is 9.97 Å². The highest BCUT2D eigenvalue weighted by molar-refractivity contribution is 6.49. The molecule has 0 atom stereocenters. The summed E-state index contributed by atoms with van der Waals surface area (Å²) in [4.78, 5) is 29.0. The zero-order valence-corrected chi connectivity index (χ0v) is 21.5. The van der Waals surface area contributed by atoms with Gasteiger partial charge in [-0.2, -0.15) is 0 Å². The fraction of sp³-hybridized carbons (Fsp3) is 0.226. The van der Waals surface area contributed by atoms with Gasteiger partial charge in [0.2, 0.25) is 0 Å². The molecule has 8 nitrogen and oxygen atoms in total. The van der Waals surface area contributed by atoms with Crippen LogP contribution in [0, 0.1) is 0 Å². The van der Waals surface area contributed by atoms with Crippen molar-refractivity contribution in [3.8, 4) is 22.6 Å². The summed E-state index contributed by atoms with van der Waals surface area (Å²) in [6.07, 6.45) is 7.16. The Kier molecular flexibility index (Phi) is 7.01. The number of amides is 1. The van der Waals surface area contributed by atoms with Crippen LogP contribution in [0.1, 0.15) is 24.0 Å². The van der Waals surface area contributed by atoms with E-state index in [1.807, 2.05) is 60.7 Å². The van der Waals surface area contributed by atoms with Crippen LogP contribution in [-0.4, -0.2) is 52.4 Å². The number of nitrogens with one attached hydrogen (secondary N) is 1. The number of hydrogen-bond donors (Lipinski definition) is 2. The summed E-state index contributed by atoms with van der Waals surface area (Å²) in [5, 5.41) is 12.7. The monoisotopic (exact) mass is 519 g/mol. The zero-order valence-electron chi connectivity index (χ0n) is 21.5. The number of benzene rings is 2. The first-order valence-corrected chi connectivity index (χ1v) is 13.2. The van der Waals surface area contributed by atoms with E-state index in [1.165, 1.54) is 0 Å². The smallest absolute Gasteiger partial charge is 0.274 e. The zero-order chi connectivity index (χ0) is 26.6. The molecular weight excluding hydrogens is 490 g/mol. The molecule has 4 heterocycles. The van der Waals surface area contributed by atoms with E-state index in [1.54, 1.807) is 18.6 Å². The summed E-state index contributed by atoms with van der Waals surface area (Å²) < 4.78 is 5.96. The van der Waals surface area contributed by atoms with E-state index in [9.17, 15) is 9.90 Å². The molecule has 2 aromatic carbocycles. The maximum atomic E-state index is 13.3. The van der Waals surface area contributed by atoms with E-state index in [2.05, 4.69) is 31.2 Å². The number of carbonyl (C=O) groups excluding carboxylic acids is 1. The number of para-hydroxylation sites is 1. The number of aliphatic imine (C=N–C) groups is 1. The molecule has 8 heteroatoms. The van der Waals surface area contributed by atoms with Crippen molar-refractivity contribution in [3.05, 3.63) is 96.4 Å². The van der Waals surface area contributed by atoms with Gasteiger partial charge in [-0.15, -0.1) is 0 Å². The van der Waals surface area contributed by atoms with E-state index in [0.29, 0.717) is 23.7 Å². The topological polar surface area (TPSA) is 99.9 Å². The number of aromatic nitrogens is 2. The van der Waals surface area contributed by atoms with Crippen LogP contribution < -0.4 is 15.0 Å². The molecule has 1 fully saturated rings.